The average molecular weight is 254 g/mol. The van der Waals surface area contributed by atoms with Crippen LogP contribution in [0.3, 0.4) is 0 Å². The maximum atomic E-state index is 9.93. The SMILES string of the molecule is CCCC.O=P(O)(O)OCC(O)CO.[H-].[Na+]. The van der Waals surface area contributed by atoms with Gasteiger partial charge in [-0.3, -0.25) is 4.52 Å². The minimum Gasteiger partial charge on any atom is -1.00 e. The van der Waals surface area contributed by atoms with Gasteiger partial charge in [0.15, 0.2) is 0 Å². The van der Waals surface area contributed by atoms with Crippen molar-refractivity contribution in [2.24, 2.45) is 0 Å². The Kier molecular flexibility index (Phi) is 18.6. The van der Waals surface area contributed by atoms with Crippen LogP contribution in [0.4, 0.5) is 0 Å². The molecule has 0 saturated carbocycles. The molecule has 0 aliphatic rings. The molecule has 0 heterocycles. The van der Waals surface area contributed by atoms with E-state index in [2.05, 4.69) is 18.4 Å². The zero-order valence-corrected chi connectivity index (χ0v) is 12.4. The van der Waals surface area contributed by atoms with Gasteiger partial charge in [0.1, 0.15) is 6.10 Å². The van der Waals surface area contributed by atoms with Crippen molar-refractivity contribution >= 4 is 7.82 Å². The smallest absolute Gasteiger partial charge is 1.00 e. The number of rotatable bonds is 5. The van der Waals surface area contributed by atoms with Crippen molar-refractivity contribution < 1.29 is 60.1 Å². The van der Waals surface area contributed by atoms with E-state index >= 15 is 0 Å². The molecule has 0 aliphatic heterocycles. The summed E-state index contributed by atoms with van der Waals surface area (Å²) in [6.07, 6.45) is 1.40. The van der Waals surface area contributed by atoms with Gasteiger partial charge in [0.25, 0.3) is 0 Å². The standard InChI is InChI=1S/C4H10.C3H9O6P.Na.H/c1-3-4-2;4-1-3(5)2-9-10(6,7)8;;/h3-4H2,1-2H3;3-5H,1-2H2,(H2,6,7,8);;/q;;+1;-1. The van der Waals surface area contributed by atoms with Crippen molar-refractivity contribution in [2.45, 2.75) is 32.8 Å². The first-order valence-corrected chi connectivity index (χ1v) is 5.89. The molecule has 0 bridgehead atoms. The van der Waals surface area contributed by atoms with Gasteiger partial charge < -0.3 is 21.4 Å². The summed E-state index contributed by atoms with van der Waals surface area (Å²) in [7, 11) is -4.50. The van der Waals surface area contributed by atoms with Gasteiger partial charge in [-0.05, 0) is 0 Å². The van der Waals surface area contributed by atoms with Crippen LogP contribution in [0, 0.1) is 0 Å². The van der Waals surface area contributed by atoms with Crippen LogP contribution >= 0.6 is 7.82 Å². The third kappa shape index (κ3) is 25.4. The number of unbranched alkanes of at least 4 members (excludes halogenated alkanes) is 1. The first-order valence-electron chi connectivity index (χ1n) is 4.36. The Morgan fingerprint density at radius 2 is 1.73 bits per heavy atom. The van der Waals surface area contributed by atoms with Gasteiger partial charge in [0.2, 0.25) is 0 Å². The topological polar surface area (TPSA) is 107 Å². The predicted octanol–water partition coefficient (Wildman–Crippen LogP) is -2.63. The van der Waals surface area contributed by atoms with Crippen molar-refractivity contribution in [3.63, 3.8) is 0 Å². The summed E-state index contributed by atoms with van der Waals surface area (Å²) in [5.41, 5.74) is 0. The van der Waals surface area contributed by atoms with E-state index in [9.17, 15) is 4.57 Å². The maximum Gasteiger partial charge on any atom is 1.00 e. The minimum absolute atomic E-state index is 0. The monoisotopic (exact) mass is 254 g/mol. The van der Waals surface area contributed by atoms with Crippen molar-refractivity contribution in [3.8, 4) is 0 Å². The molecule has 90 valence electrons. The molecule has 0 radical (unpaired) electrons. The van der Waals surface area contributed by atoms with Crippen molar-refractivity contribution in [1.82, 2.24) is 0 Å². The van der Waals surface area contributed by atoms with Crippen LogP contribution in [0.25, 0.3) is 0 Å². The molecule has 8 heteroatoms. The van der Waals surface area contributed by atoms with E-state index in [1.165, 1.54) is 12.8 Å². The molecule has 0 aliphatic carbocycles. The second kappa shape index (κ2) is 13.1. The molecule has 1 atom stereocenters. The molecular weight excluding hydrogens is 234 g/mol. The summed E-state index contributed by atoms with van der Waals surface area (Å²) < 4.78 is 13.8. The fraction of sp³-hybridized carbons (Fsp3) is 1.00. The third-order valence-electron chi connectivity index (χ3n) is 1.15. The van der Waals surface area contributed by atoms with Crippen LogP contribution in [0.2, 0.25) is 0 Å². The van der Waals surface area contributed by atoms with E-state index in [-0.39, 0.29) is 31.0 Å². The average Bonchev–Trinajstić information content (AvgIpc) is 2.13. The van der Waals surface area contributed by atoms with Gasteiger partial charge in [0, 0.05) is 0 Å². The van der Waals surface area contributed by atoms with Gasteiger partial charge in [-0.15, -0.1) is 0 Å². The number of hydrogen-bond acceptors (Lipinski definition) is 4. The fourth-order valence-electron chi connectivity index (χ4n) is 0.236. The van der Waals surface area contributed by atoms with Crippen LogP contribution in [-0.2, 0) is 9.09 Å². The predicted molar refractivity (Wildman–Crippen MR) is 52.8 cm³/mol. The normalized spacial score (nSPS) is 12.1. The van der Waals surface area contributed by atoms with Crippen molar-refractivity contribution in [3.05, 3.63) is 0 Å². The molecule has 1 unspecified atom stereocenters. The first-order chi connectivity index (χ1) is 6.37. The molecule has 0 spiro atoms. The molecular formula is C7H20NaO6P. The van der Waals surface area contributed by atoms with Crippen molar-refractivity contribution in [1.29, 1.82) is 0 Å². The Hall–Kier alpha value is 1.03. The molecule has 0 fully saturated rings. The number of phosphoric acid groups is 1. The van der Waals surface area contributed by atoms with Gasteiger partial charge in [0.05, 0.1) is 13.2 Å². The molecule has 0 aromatic carbocycles. The molecule has 0 rings (SSSR count). The minimum atomic E-state index is -4.50. The number of hydrogen-bond donors (Lipinski definition) is 4. The summed E-state index contributed by atoms with van der Waals surface area (Å²) in [6.45, 7) is 3.21. The third-order valence-corrected chi connectivity index (χ3v) is 1.63. The zero-order valence-electron chi connectivity index (χ0n) is 10.5. The van der Waals surface area contributed by atoms with Crippen LogP contribution in [0.15, 0.2) is 0 Å². The first kappa shape index (κ1) is 21.3. The van der Waals surface area contributed by atoms with E-state index in [1.54, 1.807) is 0 Å². The van der Waals surface area contributed by atoms with Crippen LogP contribution < -0.4 is 29.6 Å². The number of phosphoric ester groups is 1. The van der Waals surface area contributed by atoms with E-state index in [1.807, 2.05) is 0 Å². The van der Waals surface area contributed by atoms with E-state index in [0.29, 0.717) is 0 Å². The van der Waals surface area contributed by atoms with Crippen molar-refractivity contribution in [2.75, 3.05) is 13.2 Å². The van der Waals surface area contributed by atoms with Crippen LogP contribution in [-0.4, -0.2) is 39.3 Å². The quantitative estimate of drug-likeness (QED) is 0.316. The Balaban J connectivity index is -0.000000105. The molecule has 6 nitrogen and oxygen atoms in total. The van der Waals surface area contributed by atoms with Gasteiger partial charge in [-0.1, -0.05) is 26.7 Å². The Bertz CT molecular complexity index is 165. The van der Waals surface area contributed by atoms with E-state index < -0.39 is 27.1 Å². The Morgan fingerprint density at radius 1 is 1.33 bits per heavy atom. The summed E-state index contributed by atoms with van der Waals surface area (Å²) in [4.78, 5) is 16.1. The summed E-state index contributed by atoms with van der Waals surface area (Å²) in [5.74, 6) is 0. The summed E-state index contributed by atoms with van der Waals surface area (Å²) >= 11 is 0. The van der Waals surface area contributed by atoms with Gasteiger partial charge >= 0.3 is 37.4 Å². The Morgan fingerprint density at radius 3 is 1.93 bits per heavy atom. The van der Waals surface area contributed by atoms with Gasteiger partial charge in [-0.25, -0.2) is 4.57 Å². The van der Waals surface area contributed by atoms with E-state index in [0.717, 1.165) is 0 Å². The second-order valence-corrected chi connectivity index (χ2v) is 3.86. The molecule has 15 heavy (non-hydrogen) atoms. The molecule has 0 aromatic rings. The largest absolute Gasteiger partial charge is 1.00 e. The molecule has 0 aromatic heterocycles. The van der Waals surface area contributed by atoms with Crippen LogP contribution in [0.5, 0.6) is 0 Å². The number of aliphatic hydroxyl groups excluding tert-OH is 2. The Labute approximate surface area is 114 Å². The summed E-state index contributed by atoms with van der Waals surface area (Å²) in [5, 5.41) is 16.7. The zero-order chi connectivity index (χ0) is 11.6. The number of aliphatic hydroxyl groups is 2. The summed E-state index contributed by atoms with van der Waals surface area (Å²) in [6, 6.07) is 0. The van der Waals surface area contributed by atoms with Crippen LogP contribution in [0.1, 0.15) is 28.1 Å². The molecule has 4 N–H and O–H groups in total. The molecule has 0 amide bonds. The van der Waals surface area contributed by atoms with Gasteiger partial charge in [-0.2, -0.15) is 0 Å². The molecule has 0 saturated heterocycles. The second-order valence-electron chi connectivity index (χ2n) is 2.62. The maximum absolute atomic E-state index is 9.93. The fourth-order valence-corrected chi connectivity index (χ4v) is 0.602. The van der Waals surface area contributed by atoms with E-state index in [4.69, 9.17) is 20.0 Å².